The quantitative estimate of drug-likeness (QED) is 0.777. The van der Waals surface area contributed by atoms with Crippen molar-refractivity contribution in [2.75, 3.05) is 11.5 Å². The van der Waals surface area contributed by atoms with Crippen molar-refractivity contribution in [3.63, 3.8) is 0 Å². The molecule has 0 saturated carbocycles. The first kappa shape index (κ1) is 15.0. The molecule has 0 atom stereocenters. The number of benzene rings is 1. The molecule has 0 aliphatic rings. The second-order valence-corrected chi connectivity index (χ2v) is 6.88. The second kappa shape index (κ2) is 6.20. The maximum Gasteiger partial charge on any atom is 0.211 e. The molecule has 0 unspecified atom stereocenters. The normalized spacial score (nSPS) is 12.0. The molecule has 0 bridgehead atoms. The molecule has 0 aliphatic carbocycles. The molecule has 0 amide bonds. The molecule has 102 valence electrons. The van der Waals surface area contributed by atoms with E-state index in [4.69, 9.17) is 5.73 Å². The van der Waals surface area contributed by atoms with Gasteiger partial charge in [0.1, 0.15) is 0 Å². The summed E-state index contributed by atoms with van der Waals surface area (Å²) in [5.41, 5.74) is 8.32. The predicted octanol–water partition coefficient (Wildman–Crippen LogP) is 2.04. The van der Waals surface area contributed by atoms with Gasteiger partial charge in [0.15, 0.2) is 0 Å². The topological polar surface area (TPSA) is 72.2 Å². The van der Waals surface area contributed by atoms with Gasteiger partial charge >= 0.3 is 0 Å². The third kappa shape index (κ3) is 4.66. The molecular weight excluding hydrogens is 248 g/mol. The molecule has 0 fully saturated rings. The van der Waals surface area contributed by atoms with Crippen LogP contribution in [0.1, 0.15) is 31.4 Å². The summed E-state index contributed by atoms with van der Waals surface area (Å²) in [5, 5.41) is 0. The summed E-state index contributed by atoms with van der Waals surface area (Å²) < 4.78 is 26.1. The number of anilines is 1. The summed E-state index contributed by atoms with van der Waals surface area (Å²) in [6.07, 6.45) is 0.672. The Morgan fingerprint density at radius 1 is 1.33 bits per heavy atom. The zero-order valence-electron chi connectivity index (χ0n) is 11.2. The van der Waals surface area contributed by atoms with Crippen molar-refractivity contribution in [3.05, 3.63) is 29.3 Å². The number of hydrogen-bond donors (Lipinski definition) is 2. The number of hydrogen-bond acceptors (Lipinski definition) is 3. The lowest BCUT2D eigenvalue weighted by atomic mass is 10.1. The number of nitrogen functional groups attached to an aromatic ring is 1. The van der Waals surface area contributed by atoms with Crippen molar-refractivity contribution in [2.24, 2.45) is 5.92 Å². The first-order chi connectivity index (χ1) is 8.32. The second-order valence-electron chi connectivity index (χ2n) is 4.95. The number of sulfonamides is 1. The average Bonchev–Trinajstić information content (AvgIpc) is 2.29. The summed E-state index contributed by atoms with van der Waals surface area (Å²) in [6, 6.07) is 5.53. The van der Waals surface area contributed by atoms with Crippen LogP contribution in [0.5, 0.6) is 0 Å². The Balaban J connectivity index is 2.62. The first-order valence-electron chi connectivity index (χ1n) is 6.13. The molecule has 5 heteroatoms. The molecule has 4 nitrogen and oxygen atoms in total. The number of nitrogens with two attached hydrogens (primary N) is 1. The summed E-state index contributed by atoms with van der Waals surface area (Å²) >= 11 is 0. The first-order valence-corrected chi connectivity index (χ1v) is 7.78. The van der Waals surface area contributed by atoms with Gasteiger partial charge in [-0.1, -0.05) is 26.0 Å². The molecule has 0 aromatic heterocycles. The van der Waals surface area contributed by atoms with Crippen LogP contribution in [0.25, 0.3) is 0 Å². The number of rotatable bonds is 6. The summed E-state index contributed by atoms with van der Waals surface area (Å²) in [6.45, 7) is 6.22. The molecule has 0 radical (unpaired) electrons. The molecule has 1 rings (SSSR count). The highest BCUT2D eigenvalue weighted by molar-refractivity contribution is 7.89. The third-order valence-electron chi connectivity index (χ3n) is 2.93. The van der Waals surface area contributed by atoms with Crippen LogP contribution in [0, 0.1) is 12.8 Å². The third-order valence-corrected chi connectivity index (χ3v) is 4.29. The lowest BCUT2D eigenvalue weighted by Gasteiger charge is -2.11. The van der Waals surface area contributed by atoms with E-state index in [0.29, 0.717) is 24.6 Å². The maximum absolute atomic E-state index is 11.8. The van der Waals surface area contributed by atoms with Crippen LogP contribution in [-0.2, 0) is 16.6 Å². The Kier molecular flexibility index (Phi) is 5.16. The van der Waals surface area contributed by atoms with Gasteiger partial charge in [-0.3, -0.25) is 0 Å². The fraction of sp³-hybridized carbons (Fsp3) is 0.538. The van der Waals surface area contributed by atoms with Gasteiger partial charge in [-0.25, -0.2) is 13.1 Å². The van der Waals surface area contributed by atoms with Crippen molar-refractivity contribution in [2.45, 2.75) is 33.7 Å². The Morgan fingerprint density at radius 3 is 2.61 bits per heavy atom. The fourth-order valence-corrected chi connectivity index (χ4v) is 2.85. The van der Waals surface area contributed by atoms with Crippen LogP contribution in [-0.4, -0.2) is 14.2 Å². The van der Waals surface area contributed by atoms with Gasteiger partial charge in [-0.2, -0.15) is 0 Å². The van der Waals surface area contributed by atoms with E-state index in [-0.39, 0.29) is 5.75 Å². The van der Waals surface area contributed by atoms with E-state index in [0.717, 1.165) is 11.1 Å². The number of nitrogens with one attached hydrogen (secondary N) is 1. The summed E-state index contributed by atoms with van der Waals surface area (Å²) in [7, 11) is -3.20. The van der Waals surface area contributed by atoms with Gasteiger partial charge in [0.05, 0.1) is 5.75 Å². The van der Waals surface area contributed by atoms with Crippen LogP contribution in [0.2, 0.25) is 0 Å². The molecule has 0 aliphatic heterocycles. The van der Waals surface area contributed by atoms with Gasteiger partial charge in [-0.05, 0) is 36.5 Å². The molecule has 1 aromatic rings. The summed E-state index contributed by atoms with van der Waals surface area (Å²) in [5.74, 6) is 0.558. The molecular formula is C13H22N2O2S. The highest BCUT2D eigenvalue weighted by atomic mass is 32.2. The average molecular weight is 270 g/mol. The lowest BCUT2D eigenvalue weighted by molar-refractivity contribution is 0.561. The van der Waals surface area contributed by atoms with Crippen LogP contribution in [0.15, 0.2) is 18.2 Å². The minimum atomic E-state index is -3.20. The van der Waals surface area contributed by atoms with Gasteiger partial charge in [0.25, 0.3) is 0 Å². The summed E-state index contributed by atoms with van der Waals surface area (Å²) in [4.78, 5) is 0. The van der Waals surface area contributed by atoms with E-state index < -0.39 is 10.0 Å². The Hall–Kier alpha value is -1.07. The molecule has 0 spiro atoms. The monoisotopic (exact) mass is 270 g/mol. The molecule has 18 heavy (non-hydrogen) atoms. The fourth-order valence-electron chi connectivity index (χ4n) is 1.55. The van der Waals surface area contributed by atoms with Crippen LogP contribution in [0.3, 0.4) is 0 Å². The Labute approximate surface area is 110 Å². The van der Waals surface area contributed by atoms with Gasteiger partial charge in [0.2, 0.25) is 10.0 Å². The van der Waals surface area contributed by atoms with Gasteiger partial charge in [-0.15, -0.1) is 0 Å². The van der Waals surface area contributed by atoms with E-state index in [9.17, 15) is 8.42 Å². The molecule has 0 heterocycles. The zero-order chi connectivity index (χ0) is 13.8. The molecule has 1 aromatic carbocycles. The largest absolute Gasteiger partial charge is 0.399 e. The SMILES string of the molecule is Cc1c(N)cccc1CNS(=O)(=O)CCC(C)C. The predicted molar refractivity (Wildman–Crippen MR) is 75.7 cm³/mol. The van der Waals surface area contributed by atoms with E-state index >= 15 is 0 Å². The van der Waals surface area contributed by atoms with Crippen molar-refractivity contribution in [3.8, 4) is 0 Å². The Morgan fingerprint density at radius 2 is 2.00 bits per heavy atom. The molecule has 3 N–H and O–H groups in total. The van der Waals surface area contributed by atoms with E-state index in [1.165, 1.54) is 0 Å². The zero-order valence-corrected chi connectivity index (χ0v) is 12.0. The van der Waals surface area contributed by atoms with Crippen molar-refractivity contribution in [1.82, 2.24) is 4.72 Å². The van der Waals surface area contributed by atoms with Crippen molar-refractivity contribution >= 4 is 15.7 Å². The Bertz CT molecular complexity index is 496. The van der Waals surface area contributed by atoms with Crippen LogP contribution < -0.4 is 10.5 Å². The maximum atomic E-state index is 11.8. The highest BCUT2D eigenvalue weighted by Crippen LogP contribution is 2.15. The van der Waals surface area contributed by atoms with Crippen molar-refractivity contribution in [1.29, 1.82) is 0 Å². The van der Waals surface area contributed by atoms with E-state index in [2.05, 4.69) is 4.72 Å². The highest BCUT2D eigenvalue weighted by Gasteiger charge is 2.11. The minimum Gasteiger partial charge on any atom is -0.399 e. The van der Waals surface area contributed by atoms with E-state index in [1.54, 1.807) is 0 Å². The smallest absolute Gasteiger partial charge is 0.211 e. The van der Waals surface area contributed by atoms with Gasteiger partial charge < -0.3 is 5.73 Å². The van der Waals surface area contributed by atoms with E-state index in [1.807, 2.05) is 39.0 Å². The minimum absolute atomic E-state index is 0.173. The van der Waals surface area contributed by atoms with Crippen LogP contribution in [0.4, 0.5) is 5.69 Å². The van der Waals surface area contributed by atoms with Gasteiger partial charge in [0, 0.05) is 12.2 Å². The van der Waals surface area contributed by atoms with Crippen LogP contribution >= 0.6 is 0 Å². The van der Waals surface area contributed by atoms with Crippen molar-refractivity contribution < 1.29 is 8.42 Å². The standard InChI is InChI=1S/C13H22N2O2S/c1-10(2)7-8-18(16,17)15-9-12-5-4-6-13(14)11(12)3/h4-6,10,15H,7-9,14H2,1-3H3. The molecule has 0 saturated heterocycles. The lowest BCUT2D eigenvalue weighted by Crippen LogP contribution is -2.27.